The first-order chi connectivity index (χ1) is 20.4. The molecule has 2 aliphatic heterocycles. The van der Waals surface area contributed by atoms with Crippen molar-refractivity contribution >= 4 is 29.5 Å². The lowest BCUT2D eigenvalue weighted by Crippen LogP contribution is -2.48. The van der Waals surface area contributed by atoms with Crippen LogP contribution in [0.2, 0.25) is 0 Å². The molecule has 10 nitrogen and oxygen atoms in total. The number of carbonyl (C=O) groups is 2. The molecule has 43 heavy (non-hydrogen) atoms. The van der Waals surface area contributed by atoms with Crippen LogP contribution in [-0.4, -0.2) is 77.5 Å². The van der Waals surface area contributed by atoms with E-state index in [2.05, 4.69) is 25.0 Å². The minimum atomic E-state index is -5.49. The van der Waals surface area contributed by atoms with Crippen molar-refractivity contribution < 1.29 is 45.5 Å². The monoisotopic (exact) mass is 610 g/mol. The minimum absolute atomic E-state index is 0.00122. The van der Waals surface area contributed by atoms with E-state index < -0.39 is 47.9 Å². The number of urea groups is 1. The molecule has 1 fully saturated rings. The van der Waals surface area contributed by atoms with Gasteiger partial charge in [-0.05, 0) is 42.8 Å². The van der Waals surface area contributed by atoms with Crippen molar-refractivity contribution in [1.82, 2.24) is 19.9 Å². The maximum Gasteiger partial charge on any atom is 0.493 e. The van der Waals surface area contributed by atoms with E-state index in [9.17, 15) is 27.2 Å². The van der Waals surface area contributed by atoms with Crippen LogP contribution < -0.4 is 10.2 Å². The predicted octanol–water partition coefficient (Wildman–Crippen LogP) is 4.71. The van der Waals surface area contributed by atoms with E-state index in [1.807, 2.05) is 0 Å². The smallest absolute Gasteiger partial charge is 0.379 e. The number of amides is 2. The third-order valence-electron chi connectivity index (χ3n) is 6.75. The van der Waals surface area contributed by atoms with Gasteiger partial charge in [0.1, 0.15) is 23.1 Å². The number of carbonyl (C=O) groups excluding carboxylic acids is 2. The Hall–Kier alpha value is -4.44. The second kappa shape index (κ2) is 12.0. The number of para-hydroxylation sites is 1. The van der Waals surface area contributed by atoms with Gasteiger partial charge >= 0.3 is 18.2 Å². The van der Waals surface area contributed by atoms with Crippen LogP contribution in [0.3, 0.4) is 0 Å². The second-order valence-electron chi connectivity index (χ2n) is 9.64. The summed E-state index contributed by atoms with van der Waals surface area (Å²) >= 11 is 0. The van der Waals surface area contributed by atoms with Crippen LogP contribution >= 0.6 is 0 Å². The number of ether oxygens (including phenoxy) is 1. The van der Waals surface area contributed by atoms with Crippen LogP contribution in [-0.2, 0) is 20.9 Å². The Morgan fingerprint density at radius 1 is 1.07 bits per heavy atom. The number of halogens is 6. The fourth-order valence-electron chi connectivity index (χ4n) is 4.69. The van der Waals surface area contributed by atoms with Crippen molar-refractivity contribution in [3.63, 3.8) is 0 Å². The molecule has 3 heterocycles. The van der Waals surface area contributed by atoms with E-state index in [-0.39, 0.29) is 33.7 Å². The van der Waals surface area contributed by atoms with Gasteiger partial charge in [-0.1, -0.05) is 6.07 Å². The van der Waals surface area contributed by atoms with Crippen molar-refractivity contribution in [2.24, 2.45) is 0 Å². The fourth-order valence-corrected chi connectivity index (χ4v) is 4.69. The fraction of sp³-hybridized carbons (Fsp3) is 0.333. The number of anilines is 3. The van der Waals surface area contributed by atoms with Crippen molar-refractivity contribution in [3.8, 4) is 11.3 Å². The molecule has 16 heteroatoms. The first kappa shape index (κ1) is 30.0. The van der Waals surface area contributed by atoms with Crippen LogP contribution in [0.15, 0.2) is 36.4 Å². The number of nitrogens with one attached hydrogen (secondary N) is 1. The quantitative estimate of drug-likeness (QED) is 0.385. The van der Waals surface area contributed by atoms with Gasteiger partial charge < -0.3 is 14.9 Å². The van der Waals surface area contributed by atoms with Gasteiger partial charge in [0.05, 0.1) is 25.5 Å². The number of nitrogens with zero attached hydrogens (tertiary/aromatic N) is 5. The van der Waals surface area contributed by atoms with Crippen molar-refractivity contribution in [2.45, 2.75) is 19.6 Å². The summed E-state index contributed by atoms with van der Waals surface area (Å²) in [7, 11) is 0. The van der Waals surface area contributed by atoms with Crippen LogP contribution in [0.25, 0.3) is 11.3 Å². The first-order valence-electron chi connectivity index (χ1n) is 13.0. The number of benzene rings is 2. The molecule has 0 aliphatic carbocycles. The molecule has 3 aromatic rings. The van der Waals surface area contributed by atoms with Crippen LogP contribution in [0.1, 0.15) is 11.1 Å². The molecule has 228 valence electrons. The highest BCUT2D eigenvalue weighted by atomic mass is 19.4. The van der Waals surface area contributed by atoms with Gasteiger partial charge in [-0.3, -0.25) is 4.90 Å². The van der Waals surface area contributed by atoms with Gasteiger partial charge in [0, 0.05) is 37.3 Å². The molecule has 0 unspecified atom stereocenters. The second-order valence-corrected chi connectivity index (χ2v) is 9.64. The maximum atomic E-state index is 15.1. The molecule has 0 spiro atoms. The maximum absolute atomic E-state index is 15.1. The standard InChI is InChI=1S/C27H24F6N6O4/c1-15-13-16(28)5-6-17(15)21-18-14-38(43-24(40)27(31,32)33)26(41)39(22-19(29)3-2-4-20(22)30)23(18)36-25(35-21)34-7-8-37-9-11-42-12-10-37/h2-6,13H,7-12,14H2,1H3,(H,34,35,36). The van der Waals surface area contributed by atoms with E-state index in [4.69, 9.17) is 4.74 Å². The summed E-state index contributed by atoms with van der Waals surface area (Å²) < 4.78 is 88.7. The highest BCUT2D eigenvalue weighted by Crippen LogP contribution is 2.41. The Balaban J connectivity index is 1.65. The highest BCUT2D eigenvalue weighted by Gasteiger charge is 2.46. The van der Waals surface area contributed by atoms with Gasteiger partial charge in [0.15, 0.2) is 5.82 Å². The van der Waals surface area contributed by atoms with Crippen LogP contribution in [0.4, 0.5) is 48.6 Å². The number of fused-ring (bicyclic) bond motifs is 1. The summed E-state index contributed by atoms with van der Waals surface area (Å²) in [6, 6.07) is 4.82. The van der Waals surface area contributed by atoms with E-state index in [0.717, 1.165) is 24.3 Å². The molecular weight excluding hydrogens is 586 g/mol. The number of hydroxylamine groups is 2. The molecule has 2 aromatic carbocycles. The van der Waals surface area contributed by atoms with Gasteiger partial charge in [-0.15, -0.1) is 5.06 Å². The number of morpholine rings is 1. The molecule has 1 saturated heterocycles. The van der Waals surface area contributed by atoms with E-state index in [1.54, 1.807) is 6.92 Å². The Kier molecular flexibility index (Phi) is 8.41. The van der Waals surface area contributed by atoms with Gasteiger partial charge in [0.25, 0.3) is 0 Å². The molecule has 0 radical (unpaired) electrons. The van der Waals surface area contributed by atoms with E-state index in [1.165, 1.54) is 12.1 Å². The van der Waals surface area contributed by atoms with Crippen LogP contribution in [0, 0.1) is 24.4 Å². The number of hydrogen-bond donors (Lipinski definition) is 1. The normalized spacial score (nSPS) is 15.8. The van der Waals surface area contributed by atoms with Crippen LogP contribution in [0.5, 0.6) is 0 Å². The lowest BCUT2D eigenvalue weighted by atomic mass is 10.00. The van der Waals surface area contributed by atoms with E-state index in [0.29, 0.717) is 49.9 Å². The summed E-state index contributed by atoms with van der Waals surface area (Å²) in [5.41, 5.74) is -0.466. The topological polar surface area (TPSA) is 100 Å². The zero-order valence-corrected chi connectivity index (χ0v) is 22.6. The Bertz CT molecular complexity index is 1530. The van der Waals surface area contributed by atoms with E-state index >= 15 is 8.78 Å². The average molecular weight is 611 g/mol. The highest BCUT2D eigenvalue weighted by molar-refractivity contribution is 6.02. The SMILES string of the molecule is Cc1cc(F)ccc1-c1nc(NCCN2CCOCC2)nc2c1CN(OC(=O)C(F)(F)F)C(=O)N2c1c(F)cccc1F. The summed E-state index contributed by atoms with van der Waals surface area (Å²) in [5.74, 6) is -6.28. The molecule has 0 saturated carbocycles. The Morgan fingerprint density at radius 2 is 1.77 bits per heavy atom. The first-order valence-corrected chi connectivity index (χ1v) is 13.0. The Morgan fingerprint density at radius 3 is 2.42 bits per heavy atom. The number of rotatable bonds is 7. The lowest BCUT2D eigenvalue weighted by molar-refractivity contribution is -0.229. The lowest BCUT2D eigenvalue weighted by Gasteiger charge is -2.35. The Labute approximate surface area is 240 Å². The van der Waals surface area contributed by atoms with Crippen molar-refractivity contribution in [3.05, 3.63) is 65.0 Å². The zero-order valence-electron chi connectivity index (χ0n) is 22.6. The van der Waals surface area contributed by atoms with Gasteiger partial charge in [-0.2, -0.15) is 18.2 Å². The molecule has 5 rings (SSSR count). The molecule has 0 atom stereocenters. The van der Waals surface area contributed by atoms with Gasteiger partial charge in [0.2, 0.25) is 5.95 Å². The molecule has 1 aromatic heterocycles. The number of aromatic nitrogens is 2. The summed E-state index contributed by atoms with van der Waals surface area (Å²) in [6.07, 6.45) is -5.49. The molecule has 1 N–H and O–H groups in total. The largest absolute Gasteiger partial charge is 0.493 e. The molecule has 2 aliphatic rings. The zero-order chi connectivity index (χ0) is 30.9. The van der Waals surface area contributed by atoms with Crippen molar-refractivity contribution in [2.75, 3.05) is 49.6 Å². The number of alkyl halides is 3. The summed E-state index contributed by atoms with van der Waals surface area (Å²) in [4.78, 5) is 40.8. The predicted molar refractivity (Wildman–Crippen MR) is 139 cm³/mol. The number of hydrogen-bond acceptors (Lipinski definition) is 8. The average Bonchev–Trinajstić information content (AvgIpc) is 2.94. The summed E-state index contributed by atoms with van der Waals surface area (Å²) in [5, 5.41) is 3.03. The molecular formula is C27H24F6N6O4. The van der Waals surface area contributed by atoms with Gasteiger partial charge in [-0.25, -0.2) is 32.6 Å². The third kappa shape index (κ3) is 6.34. The minimum Gasteiger partial charge on any atom is -0.379 e. The summed E-state index contributed by atoms with van der Waals surface area (Å²) in [6.45, 7) is 4.07. The van der Waals surface area contributed by atoms with Crippen molar-refractivity contribution in [1.29, 1.82) is 0 Å². The third-order valence-corrected chi connectivity index (χ3v) is 6.75. The molecule has 2 amide bonds. The molecule has 0 bridgehead atoms. The number of aryl methyl sites for hydroxylation is 1.